The maximum absolute atomic E-state index is 12.9. The van der Waals surface area contributed by atoms with Crippen LogP contribution in [0.15, 0.2) is 47.4 Å². The van der Waals surface area contributed by atoms with Crippen LogP contribution in [0, 0.1) is 10.5 Å². The van der Waals surface area contributed by atoms with E-state index in [1.165, 1.54) is 0 Å². The first kappa shape index (κ1) is 20.3. The van der Waals surface area contributed by atoms with Crippen LogP contribution < -0.4 is 5.32 Å². The molecule has 0 aromatic heterocycles. The zero-order valence-corrected chi connectivity index (χ0v) is 18.4. The minimum atomic E-state index is -3.50. The molecule has 144 valence electrons. The monoisotopic (exact) mass is 498 g/mol. The summed E-state index contributed by atoms with van der Waals surface area (Å²) in [5.74, 6) is -0.215. The molecule has 0 radical (unpaired) electrons. The highest BCUT2D eigenvalue weighted by Crippen LogP contribution is 2.26. The van der Waals surface area contributed by atoms with E-state index in [0.29, 0.717) is 17.8 Å². The van der Waals surface area contributed by atoms with Crippen molar-refractivity contribution in [3.8, 4) is 0 Å². The summed E-state index contributed by atoms with van der Waals surface area (Å²) in [6.07, 6.45) is 2.85. The second-order valence-corrected chi connectivity index (χ2v) is 9.96. The fraction of sp³-hybridized carbons (Fsp3) is 0.350. The number of piperidine rings is 1. The number of halogens is 1. The van der Waals surface area contributed by atoms with Crippen LogP contribution >= 0.6 is 22.6 Å². The lowest BCUT2D eigenvalue weighted by Gasteiger charge is -2.32. The standard InChI is InChI=1S/C20H23IN2O3S/c1-14-6-7-16(13-19(14)21)20(24)22-17-8-10-18(11-9-17)27(25,26)23-12-4-3-5-15(23)2/h6-11,13,15H,3-5,12H2,1-2H3,(H,22,24). The van der Waals surface area contributed by atoms with Crippen LogP contribution in [0.2, 0.25) is 0 Å². The number of nitrogens with zero attached hydrogens (tertiary/aromatic N) is 1. The van der Waals surface area contributed by atoms with Gasteiger partial charge in [0.2, 0.25) is 10.0 Å². The van der Waals surface area contributed by atoms with E-state index in [1.807, 2.05) is 26.0 Å². The molecular formula is C20H23IN2O3S. The van der Waals surface area contributed by atoms with Gasteiger partial charge in [-0.25, -0.2) is 8.42 Å². The van der Waals surface area contributed by atoms with E-state index < -0.39 is 10.0 Å². The van der Waals surface area contributed by atoms with Crippen LogP contribution in [0.4, 0.5) is 5.69 Å². The van der Waals surface area contributed by atoms with Gasteiger partial charge in [-0.05, 0) is 91.2 Å². The number of anilines is 1. The summed E-state index contributed by atoms with van der Waals surface area (Å²) in [7, 11) is -3.50. The Morgan fingerprint density at radius 2 is 1.85 bits per heavy atom. The van der Waals surface area contributed by atoms with Gasteiger partial charge >= 0.3 is 0 Å². The number of sulfonamides is 1. The number of hydrogen-bond acceptors (Lipinski definition) is 3. The smallest absolute Gasteiger partial charge is 0.255 e. The van der Waals surface area contributed by atoms with Gasteiger partial charge in [0, 0.05) is 27.4 Å². The molecule has 0 saturated carbocycles. The number of hydrogen-bond donors (Lipinski definition) is 1. The number of aryl methyl sites for hydroxylation is 1. The molecular weight excluding hydrogens is 475 g/mol. The third-order valence-electron chi connectivity index (χ3n) is 4.89. The van der Waals surface area contributed by atoms with Crippen LogP contribution in [-0.4, -0.2) is 31.2 Å². The Labute approximate surface area is 174 Å². The van der Waals surface area contributed by atoms with Crippen molar-refractivity contribution in [3.63, 3.8) is 0 Å². The van der Waals surface area contributed by atoms with E-state index in [1.54, 1.807) is 34.6 Å². The number of carbonyl (C=O) groups is 1. The van der Waals surface area contributed by atoms with Crippen molar-refractivity contribution >= 4 is 44.2 Å². The normalized spacial score (nSPS) is 18.3. The highest BCUT2D eigenvalue weighted by atomic mass is 127. The van der Waals surface area contributed by atoms with Crippen molar-refractivity contribution in [2.75, 3.05) is 11.9 Å². The van der Waals surface area contributed by atoms with E-state index in [9.17, 15) is 13.2 Å². The lowest BCUT2D eigenvalue weighted by molar-refractivity contribution is 0.102. The van der Waals surface area contributed by atoms with Crippen molar-refractivity contribution < 1.29 is 13.2 Å². The Hall–Kier alpha value is -1.45. The highest BCUT2D eigenvalue weighted by molar-refractivity contribution is 14.1. The molecule has 0 aliphatic carbocycles. The Kier molecular flexibility index (Phi) is 6.22. The molecule has 1 unspecified atom stereocenters. The third kappa shape index (κ3) is 4.52. The van der Waals surface area contributed by atoms with Gasteiger partial charge in [-0.3, -0.25) is 4.79 Å². The molecule has 27 heavy (non-hydrogen) atoms. The molecule has 1 N–H and O–H groups in total. The van der Waals surface area contributed by atoms with Gasteiger partial charge in [-0.1, -0.05) is 12.5 Å². The van der Waals surface area contributed by atoms with Gasteiger partial charge in [-0.2, -0.15) is 4.31 Å². The molecule has 0 bridgehead atoms. The molecule has 3 rings (SSSR count). The molecule has 1 aliphatic heterocycles. The molecule has 0 spiro atoms. The zero-order chi connectivity index (χ0) is 19.6. The molecule has 1 heterocycles. The van der Waals surface area contributed by atoms with Crippen molar-refractivity contribution in [1.29, 1.82) is 0 Å². The Balaban J connectivity index is 1.75. The fourth-order valence-electron chi connectivity index (χ4n) is 3.21. The summed E-state index contributed by atoms with van der Waals surface area (Å²) in [6, 6.07) is 11.9. The first-order valence-corrected chi connectivity index (χ1v) is 11.5. The first-order chi connectivity index (χ1) is 12.8. The van der Waals surface area contributed by atoms with Crippen molar-refractivity contribution in [3.05, 3.63) is 57.2 Å². The van der Waals surface area contributed by atoms with Crippen molar-refractivity contribution in [1.82, 2.24) is 4.31 Å². The molecule has 1 atom stereocenters. The number of amides is 1. The number of nitrogens with one attached hydrogen (secondary N) is 1. The second kappa shape index (κ2) is 8.28. The third-order valence-corrected chi connectivity index (χ3v) is 8.08. The lowest BCUT2D eigenvalue weighted by atomic mass is 10.1. The lowest BCUT2D eigenvalue weighted by Crippen LogP contribution is -2.41. The van der Waals surface area contributed by atoms with Gasteiger partial charge < -0.3 is 5.32 Å². The van der Waals surface area contributed by atoms with Crippen LogP contribution in [0.1, 0.15) is 42.1 Å². The molecule has 5 nitrogen and oxygen atoms in total. The summed E-state index contributed by atoms with van der Waals surface area (Å²) < 4.78 is 28.3. The topological polar surface area (TPSA) is 66.5 Å². The predicted octanol–water partition coefficient (Wildman–Crippen LogP) is 4.42. The van der Waals surface area contributed by atoms with Crippen molar-refractivity contribution in [2.24, 2.45) is 0 Å². The molecule has 1 fully saturated rings. The largest absolute Gasteiger partial charge is 0.322 e. The molecule has 1 aliphatic rings. The van der Waals surface area contributed by atoms with Gasteiger partial charge in [0.15, 0.2) is 0 Å². The fourth-order valence-corrected chi connectivity index (χ4v) is 5.43. The van der Waals surface area contributed by atoms with E-state index in [2.05, 4.69) is 27.9 Å². The average Bonchev–Trinajstić information content (AvgIpc) is 2.64. The predicted molar refractivity (Wildman–Crippen MR) is 115 cm³/mol. The highest BCUT2D eigenvalue weighted by Gasteiger charge is 2.30. The number of rotatable bonds is 4. The minimum Gasteiger partial charge on any atom is -0.322 e. The number of benzene rings is 2. The zero-order valence-electron chi connectivity index (χ0n) is 15.4. The van der Waals surface area contributed by atoms with Gasteiger partial charge in [0.25, 0.3) is 5.91 Å². The summed E-state index contributed by atoms with van der Waals surface area (Å²) in [5, 5.41) is 2.82. The maximum Gasteiger partial charge on any atom is 0.255 e. The first-order valence-electron chi connectivity index (χ1n) is 8.98. The summed E-state index contributed by atoms with van der Waals surface area (Å²) in [6.45, 7) is 4.51. The van der Waals surface area contributed by atoms with Gasteiger partial charge in [0.1, 0.15) is 0 Å². The molecule has 1 amide bonds. The molecule has 1 saturated heterocycles. The minimum absolute atomic E-state index is 0.0205. The molecule has 2 aromatic rings. The van der Waals surface area contributed by atoms with Gasteiger partial charge in [0.05, 0.1) is 4.90 Å². The van der Waals surface area contributed by atoms with E-state index in [4.69, 9.17) is 0 Å². The SMILES string of the molecule is Cc1ccc(C(=O)Nc2ccc(S(=O)(=O)N3CCCCC3C)cc2)cc1I. The Morgan fingerprint density at radius 1 is 1.15 bits per heavy atom. The summed E-state index contributed by atoms with van der Waals surface area (Å²) >= 11 is 2.20. The van der Waals surface area contributed by atoms with Crippen LogP contribution in [0.3, 0.4) is 0 Å². The molecule has 7 heteroatoms. The van der Waals surface area contributed by atoms with Gasteiger partial charge in [-0.15, -0.1) is 0 Å². The Morgan fingerprint density at radius 3 is 2.48 bits per heavy atom. The van der Waals surface area contributed by atoms with E-state index in [-0.39, 0.29) is 16.8 Å². The quantitative estimate of drug-likeness (QED) is 0.636. The second-order valence-electron chi connectivity index (χ2n) is 6.90. The molecule has 2 aromatic carbocycles. The van der Waals surface area contributed by atoms with E-state index in [0.717, 1.165) is 28.4 Å². The van der Waals surface area contributed by atoms with Crippen LogP contribution in [0.5, 0.6) is 0 Å². The number of carbonyl (C=O) groups excluding carboxylic acids is 1. The Bertz CT molecular complexity index is 942. The van der Waals surface area contributed by atoms with Crippen LogP contribution in [-0.2, 0) is 10.0 Å². The van der Waals surface area contributed by atoms with Crippen molar-refractivity contribution in [2.45, 2.75) is 44.0 Å². The maximum atomic E-state index is 12.9. The van der Waals surface area contributed by atoms with Crippen LogP contribution in [0.25, 0.3) is 0 Å². The average molecular weight is 498 g/mol. The van der Waals surface area contributed by atoms with E-state index >= 15 is 0 Å². The summed E-state index contributed by atoms with van der Waals surface area (Å²) in [5.41, 5.74) is 2.26. The summed E-state index contributed by atoms with van der Waals surface area (Å²) in [4.78, 5) is 12.7.